The number of piperidine rings is 1. The molecule has 0 unspecified atom stereocenters. The fourth-order valence-corrected chi connectivity index (χ4v) is 6.21. The summed E-state index contributed by atoms with van der Waals surface area (Å²) in [5, 5.41) is 18.2. The maximum absolute atomic E-state index is 13.1. The van der Waals surface area contributed by atoms with Crippen LogP contribution in [-0.2, 0) is 21.4 Å². The second-order valence-corrected chi connectivity index (χ2v) is 10.6. The summed E-state index contributed by atoms with van der Waals surface area (Å²) in [6.45, 7) is 4.21. The van der Waals surface area contributed by atoms with Crippen molar-refractivity contribution in [3.63, 3.8) is 0 Å². The van der Waals surface area contributed by atoms with Gasteiger partial charge in [0.2, 0.25) is 15.9 Å². The number of benzene rings is 2. The van der Waals surface area contributed by atoms with Crippen molar-refractivity contribution in [3.05, 3.63) is 65.2 Å². The van der Waals surface area contributed by atoms with E-state index in [0.29, 0.717) is 31.5 Å². The van der Waals surface area contributed by atoms with Crippen molar-refractivity contribution in [2.75, 3.05) is 39.3 Å². The zero-order chi connectivity index (χ0) is 24.1. The van der Waals surface area contributed by atoms with Gasteiger partial charge in [-0.05, 0) is 42.7 Å². The van der Waals surface area contributed by atoms with Gasteiger partial charge in [0.1, 0.15) is 6.07 Å². The fourth-order valence-electron chi connectivity index (χ4n) is 4.59. The predicted octanol–water partition coefficient (Wildman–Crippen LogP) is 2.18. The van der Waals surface area contributed by atoms with Crippen LogP contribution in [0.3, 0.4) is 0 Å². The first-order valence-corrected chi connectivity index (χ1v) is 12.9. The lowest BCUT2D eigenvalue weighted by Gasteiger charge is -2.38. The smallest absolute Gasteiger partial charge is 0.244 e. The minimum Gasteiger partial charge on any atom is -0.340 e. The monoisotopic (exact) mass is 477 g/mol. The molecule has 9 heteroatoms. The molecule has 0 saturated carbocycles. The molecule has 0 aromatic heterocycles. The number of sulfonamides is 1. The number of hydrogen-bond acceptors (Lipinski definition) is 6. The van der Waals surface area contributed by atoms with Crippen molar-refractivity contribution < 1.29 is 13.2 Å². The maximum Gasteiger partial charge on any atom is 0.244 e. The molecule has 0 spiro atoms. The van der Waals surface area contributed by atoms with Gasteiger partial charge in [-0.2, -0.15) is 14.8 Å². The van der Waals surface area contributed by atoms with Crippen LogP contribution in [0.2, 0.25) is 0 Å². The van der Waals surface area contributed by atoms with Gasteiger partial charge in [-0.25, -0.2) is 8.42 Å². The lowest BCUT2D eigenvalue weighted by molar-refractivity contribution is -0.138. The molecular formula is C25H27N5O3S. The van der Waals surface area contributed by atoms with E-state index in [4.69, 9.17) is 5.26 Å². The highest BCUT2D eigenvalue weighted by Gasteiger charge is 2.35. The Labute approximate surface area is 200 Å². The number of nitriles is 2. The molecule has 176 valence electrons. The Balaban J connectivity index is 1.28. The van der Waals surface area contributed by atoms with E-state index in [2.05, 4.69) is 11.0 Å². The topological polar surface area (TPSA) is 109 Å². The summed E-state index contributed by atoms with van der Waals surface area (Å²) in [5.41, 5.74) is 1.93. The van der Waals surface area contributed by atoms with E-state index in [1.807, 2.05) is 35.2 Å². The second-order valence-electron chi connectivity index (χ2n) is 8.70. The Kier molecular flexibility index (Phi) is 7.28. The highest BCUT2D eigenvalue weighted by Crippen LogP contribution is 2.27. The van der Waals surface area contributed by atoms with Gasteiger partial charge in [-0.15, -0.1) is 0 Å². The summed E-state index contributed by atoms with van der Waals surface area (Å²) < 4.78 is 27.4. The number of rotatable bonds is 5. The Hall–Kier alpha value is -3.24. The zero-order valence-corrected chi connectivity index (χ0v) is 19.7. The minimum atomic E-state index is -3.76. The van der Waals surface area contributed by atoms with E-state index < -0.39 is 10.0 Å². The van der Waals surface area contributed by atoms with E-state index >= 15 is 0 Å². The molecule has 2 aliphatic heterocycles. The van der Waals surface area contributed by atoms with Crippen LogP contribution in [-0.4, -0.2) is 67.7 Å². The standard InChI is InChI=1S/C25H27N5O3S/c26-17-20-5-7-21(8-6-20)19-28-13-15-29(16-14-28)25(31)22-9-11-30(12-10-22)34(32,33)24-4-2-1-3-23(24)18-27/h1-8,22H,9-16,19H2. The molecule has 2 heterocycles. The highest BCUT2D eigenvalue weighted by atomic mass is 32.2. The first-order valence-electron chi connectivity index (χ1n) is 11.4. The molecule has 2 saturated heterocycles. The molecule has 0 N–H and O–H groups in total. The van der Waals surface area contributed by atoms with E-state index in [1.54, 1.807) is 12.1 Å². The number of amides is 1. The molecule has 2 fully saturated rings. The molecule has 0 bridgehead atoms. The lowest BCUT2D eigenvalue weighted by Crippen LogP contribution is -2.51. The third-order valence-electron chi connectivity index (χ3n) is 6.60. The van der Waals surface area contributed by atoms with E-state index in [-0.39, 0.29) is 35.4 Å². The molecule has 2 aromatic carbocycles. The maximum atomic E-state index is 13.1. The number of carbonyl (C=O) groups excluding carboxylic acids is 1. The summed E-state index contributed by atoms with van der Waals surface area (Å²) in [4.78, 5) is 17.3. The van der Waals surface area contributed by atoms with Gasteiger partial charge < -0.3 is 4.90 Å². The molecule has 34 heavy (non-hydrogen) atoms. The van der Waals surface area contributed by atoms with Gasteiger partial charge in [0, 0.05) is 51.7 Å². The third-order valence-corrected chi connectivity index (χ3v) is 8.56. The zero-order valence-electron chi connectivity index (χ0n) is 18.9. The molecule has 0 aliphatic carbocycles. The number of piperazine rings is 1. The van der Waals surface area contributed by atoms with Crippen LogP contribution in [0, 0.1) is 28.6 Å². The lowest BCUT2D eigenvalue weighted by atomic mass is 9.96. The van der Waals surface area contributed by atoms with Crippen LogP contribution in [0.15, 0.2) is 53.4 Å². The molecule has 2 aliphatic rings. The normalized spacial score (nSPS) is 18.2. The van der Waals surface area contributed by atoms with Crippen molar-refractivity contribution in [2.24, 2.45) is 5.92 Å². The van der Waals surface area contributed by atoms with Crippen molar-refractivity contribution in [1.29, 1.82) is 10.5 Å². The van der Waals surface area contributed by atoms with Gasteiger partial charge in [0.25, 0.3) is 0 Å². The summed E-state index contributed by atoms with van der Waals surface area (Å²) >= 11 is 0. The van der Waals surface area contributed by atoms with Crippen molar-refractivity contribution in [2.45, 2.75) is 24.3 Å². The first kappa shape index (κ1) is 23.9. The predicted molar refractivity (Wildman–Crippen MR) is 126 cm³/mol. The largest absolute Gasteiger partial charge is 0.340 e. The van der Waals surface area contributed by atoms with Gasteiger partial charge in [0.15, 0.2) is 0 Å². The van der Waals surface area contributed by atoms with Gasteiger partial charge in [-0.1, -0.05) is 24.3 Å². The van der Waals surface area contributed by atoms with E-state index in [9.17, 15) is 18.5 Å². The Morgan fingerprint density at radius 2 is 1.53 bits per heavy atom. The van der Waals surface area contributed by atoms with Crippen molar-refractivity contribution in [1.82, 2.24) is 14.1 Å². The Morgan fingerprint density at radius 3 is 2.15 bits per heavy atom. The highest BCUT2D eigenvalue weighted by molar-refractivity contribution is 7.89. The Morgan fingerprint density at radius 1 is 0.882 bits per heavy atom. The summed E-state index contributed by atoms with van der Waals surface area (Å²) in [5.74, 6) is -0.0739. The van der Waals surface area contributed by atoms with Gasteiger partial charge >= 0.3 is 0 Å². The van der Waals surface area contributed by atoms with E-state index in [0.717, 1.165) is 25.2 Å². The van der Waals surface area contributed by atoms with Crippen LogP contribution < -0.4 is 0 Å². The SMILES string of the molecule is N#Cc1ccc(CN2CCN(C(=O)C3CCN(S(=O)(=O)c4ccccc4C#N)CC3)CC2)cc1. The second kappa shape index (κ2) is 10.4. The van der Waals surface area contributed by atoms with Crippen molar-refractivity contribution >= 4 is 15.9 Å². The van der Waals surface area contributed by atoms with Crippen LogP contribution >= 0.6 is 0 Å². The molecule has 8 nitrogen and oxygen atoms in total. The van der Waals surface area contributed by atoms with Crippen molar-refractivity contribution in [3.8, 4) is 12.1 Å². The molecule has 0 radical (unpaired) electrons. The average Bonchev–Trinajstić information content (AvgIpc) is 2.89. The molecule has 4 rings (SSSR count). The third kappa shape index (κ3) is 5.13. The first-order chi connectivity index (χ1) is 16.4. The summed E-state index contributed by atoms with van der Waals surface area (Å²) in [7, 11) is -3.76. The minimum absolute atomic E-state index is 0.0284. The number of carbonyl (C=O) groups is 1. The van der Waals surface area contributed by atoms with E-state index in [1.165, 1.54) is 16.4 Å². The quantitative estimate of drug-likeness (QED) is 0.653. The molecule has 0 atom stereocenters. The summed E-state index contributed by atoms with van der Waals surface area (Å²) in [6, 6.07) is 17.9. The molecule has 1 amide bonds. The van der Waals surface area contributed by atoms with Gasteiger partial charge in [-0.3, -0.25) is 9.69 Å². The molecule has 2 aromatic rings. The van der Waals surface area contributed by atoms with Crippen LogP contribution in [0.1, 0.15) is 29.5 Å². The summed E-state index contributed by atoms with van der Waals surface area (Å²) in [6.07, 6.45) is 0.969. The Bertz CT molecular complexity index is 1210. The van der Waals surface area contributed by atoms with Gasteiger partial charge in [0.05, 0.1) is 22.1 Å². The fraction of sp³-hybridized carbons (Fsp3) is 0.400. The van der Waals surface area contributed by atoms with Crippen LogP contribution in [0.4, 0.5) is 0 Å². The number of nitrogens with zero attached hydrogens (tertiary/aromatic N) is 5. The molecular weight excluding hydrogens is 450 g/mol. The number of hydrogen-bond donors (Lipinski definition) is 0. The van der Waals surface area contributed by atoms with Crippen LogP contribution in [0.25, 0.3) is 0 Å². The average molecular weight is 478 g/mol. The van der Waals surface area contributed by atoms with Crippen LogP contribution in [0.5, 0.6) is 0 Å².